The van der Waals surface area contributed by atoms with Crippen LogP contribution >= 0.6 is 0 Å². The molecular weight excluding hydrogens is 219 g/mol. The largest absolute Gasteiger partial charge is 1.00 e. The van der Waals surface area contributed by atoms with E-state index in [-0.39, 0.29) is 4.70 Å². The second-order valence-electron chi connectivity index (χ2n) is 1.56. The molecule has 0 unspecified atom stereocenters. The number of nitrogens with zero attached hydrogens (tertiary/aromatic N) is 1. The SMILES string of the molecule is CC[N+](CC)=S(F)F.FB(F)F.[F-]. The summed E-state index contributed by atoms with van der Waals surface area (Å²) < 4.78 is 53.4. The van der Waals surface area contributed by atoms with Crippen molar-refractivity contribution in [3.8, 4) is 0 Å². The average molecular weight is 229 g/mol. The van der Waals surface area contributed by atoms with Crippen molar-refractivity contribution >= 4 is 19.0 Å². The Morgan fingerprint density at radius 1 is 1.08 bits per heavy atom. The van der Waals surface area contributed by atoms with Gasteiger partial charge >= 0.3 is 19.0 Å². The molecule has 0 heterocycles. The van der Waals surface area contributed by atoms with E-state index in [1.54, 1.807) is 13.8 Å². The Balaban J connectivity index is -0.000000173. The molecule has 0 aliphatic carbocycles. The van der Waals surface area contributed by atoms with Crippen molar-refractivity contribution in [2.45, 2.75) is 13.8 Å². The quantitative estimate of drug-likeness (QED) is 0.341. The molecule has 0 saturated heterocycles. The lowest BCUT2D eigenvalue weighted by Gasteiger charge is -1.89. The molecule has 0 aliphatic heterocycles. The molecule has 0 spiro atoms. The van der Waals surface area contributed by atoms with Gasteiger partial charge < -0.3 is 4.70 Å². The summed E-state index contributed by atoms with van der Waals surface area (Å²) in [5.74, 6) is 0. The van der Waals surface area contributed by atoms with Crippen LogP contribution in [0.4, 0.5) is 20.7 Å². The maximum absolute atomic E-state index is 11.7. The van der Waals surface area contributed by atoms with Crippen LogP contribution in [0, 0.1) is 0 Å². The van der Waals surface area contributed by atoms with Crippen LogP contribution in [-0.4, -0.2) is 24.6 Å². The topological polar surface area (TPSA) is 3.01 Å². The molecule has 82 valence electrons. The zero-order valence-corrected chi connectivity index (χ0v) is 7.93. The second kappa shape index (κ2) is 11.8. The lowest BCUT2D eigenvalue weighted by atomic mass is 10.5. The van der Waals surface area contributed by atoms with Gasteiger partial charge in [-0.2, -0.15) is 3.95 Å². The summed E-state index contributed by atoms with van der Waals surface area (Å²) in [5, 5.41) is 0. The summed E-state index contributed by atoms with van der Waals surface area (Å²) in [7, 11) is -3.67. The molecule has 0 fully saturated rings. The molecule has 0 aromatic heterocycles. The van der Waals surface area contributed by atoms with Crippen LogP contribution in [0.5, 0.6) is 0 Å². The van der Waals surface area contributed by atoms with Gasteiger partial charge in [-0.05, 0) is 13.8 Å². The van der Waals surface area contributed by atoms with Crippen LogP contribution in [0.15, 0.2) is 0 Å². The van der Waals surface area contributed by atoms with Gasteiger partial charge in [-0.25, -0.2) is 0 Å². The van der Waals surface area contributed by atoms with Crippen molar-refractivity contribution in [2.24, 2.45) is 0 Å². The summed E-state index contributed by atoms with van der Waals surface area (Å²) in [6.45, 7) is 4.32. The minimum atomic E-state index is -3.67. The van der Waals surface area contributed by atoms with Crippen LogP contribution in [0.3, 0.4) is 0 Å². The first kappa shape index (κ1) is 18.6. The zero-order valence-electron chi connectivity index (χ0n) is 7.11. The minimum absolute atomic E-state index is 0. The van der Waals surface area contributed by atoms with E-state index in [0.717, 1.165) is 3.95 Å². The molecule has 0 aromatic rings. The molecule has 9 heteroatoms. The van der Waals surface area contributed by atoms with Crippen molar-refractivity contribution in [3.05, 3.63) is 0 Å². The first-order valence-electron chi connectivity index (χ1n) is 3.19. The molecule has 13 heavy (non-hydrogen) atoms. The molecule has 0 N–H and O–H groups in total. The highest BCUT2D eigenvalue weighted by atomic mass is 32.2. The van der Waals surface area contributed by atoms with Crippen molar-refractivity contribution in [1.82, 2.24) is 0 Å². The van der Waals surface area contributed by atoms with E-state index in [9.17, 15) is 20.7 Å². The van der Waals surface area contributed by atoms with Crippen LogP contribution in [0.1, 0.15) is 13.8 Å². The van der Waals surface area contributed by atoms with Crippen LogP contribution in [-0.2, 0) is 11.5 Å². The Kier molecular flexibility index (Phi) is 16.8. The van der Waals surface area contributed by atoms with Gasteiger partial charge in [0, 0.05) is 0 Å². The van der Waals surface area contributed by atoms with Crippen LogP contribution < -0.4 is 4.70 Å². The smallest absolute Gasteiger partial charge is 0.762 e. The van der Waals surface area contributed by atoms with Crippen LogP contribution in [0.25, 0.3) is 0 Å². The Morgan fingerprint density at radius 3 is 1.31 bits per heavy atom. The Bertz CT molecular complexity index is 130. The van der Waals surface area contributed by atoms with Gasteiger partial charge in [0.1, 0.15) is 0 Å². The van der Waals surface area contributed by atoms with Crippen molar-refractivity contribution in [1.29, 1.82) is 0 Å². The fourth-order valence-electron chi connectivity index (χ4n) is 0.419. The van der Waals surface area contributed by atoms with E-state index < -0.39 is 19.0 Å². The first-order chi connectivity index (χ1) is 5.45. The average Bonchev–Trinajstić information content (AvgIpc) is 1.87. The molecule has 0 amide bonds. The van der Waals surface area contributed by atoms with E-state index in [1.165, 1.54) is 0 Å². The highest BCUT2D eigenvalue weighted by Crippen LogP contribution is 1.90. The van der Waals surface area contributed by atoms with Gasteiger partial charge in [0.2, 0.25) is 0 Å². The van der Waals surface area contributed by atoms with E-state index in [2.05, 4.69) is 0 Å². The molecule has 0 rings (SSSR count). The van der Waals surface area contributed by atoms with Gasteiger partial charge in [-0.1, -0.05) is 7.77 Å². The number of hydrogen-bond acceptors (Lipinski definition) is 0. The third-order valence-corrected chi connectivity index (χ3v) is 1.81. The van der Waals surface area contributed by atoms with Gasteiger partial charge in [-0.15, -0.1) is 0 Å². The molecule has 0 atom stereocenters. The molecule has 0 aromatic carbocycles. The van der Waals surface area contributed by atoms with Gasteiger partial charge in [0.25, 0.3) is 0 Å². The number of rotatable bonds is 2. The lowest BCUT2D eigenvalue weighted by Crippen LogP contribution is -3.00. The van der Waals surface area contributed by atoms with Crippen molar-refractivity contribution < 1.29 is 29.4 Å². The van der Waals surface area contributed by atoms with Gasteiger partial charge in [0.15, 0.2) is 13.1 Å². The lowest BCUT2D eigenvalue weighted by molar-refractivity contribution is -0.499. The minimum Gasteiger partial charge on any atom is -1.00 e. The van der Waals surface area contributed by atoms with Gasteiger partial charge in [0.05, 0.1) is 0 Å². The van der Waals surface area contributed by atoms with E-state index in [1.807, 2.05) is 0 Å². The summed E-state index contributed by atoms with van der Waals surface area (Å²) in [6.07, 6.45) is 0. The molecule has 0 aliphatic rings. The fraction of sp³-hybridized carbons (Fsp3) is 1.00. The fourth-order valence-corrected chi connectivity index (χ4v) is 0.809. The zero-order chi connectivity index (χ0) is 10.1. The summed E-state index contributed by atoms with van der Waals surface area (Å²) >= 11 is -2.52. The molecule has 1 nitrogen and oxygen atoms in total. The third kappa shape index (κ3) is 18.6. The van der Waals surface area contributed by atoms with E-state index >= 15 is 0 Å². The number of hydrogen-bond donors (Lipinski definition) is 0. The highest BCUT2D eigenvalue weighted by Gasteiger charge is 2.06. The van der Waals surface area contributed by atoms with Crippen molar-refractivity contribution in [3.63, 3.8) is 0 Å². The molecule has 0 saturated carbocycles. The van der Waals surface area contributed by atoms with Crippen molar-refractivity contribution in [2.75, 3.05) is 13.1 Å². The molecular formula is C4H10BF6NS. The van der Waals surface area contributed by atoms with E-state index in [4.69, 9.17) is 0 Å². The Morgan fingerprint density at radius 2 is 1.31 bits per heavy atom. The second-order valence-corrected chi connectivity index (χ2v) is 2.47. The maximum Gasteiger partial charge on any atom is 0.762 e. The van der Waals surface area contributed by atoms with E-state index in [0.29, 0.717) is 13.1 Å². The molecule has 0 radical (unpaired) electrons. The molecule has 0 bridgehead atoms. The monoisotopic (exact) mass is 229 g/mol. The maximum atomic E-state index is 11.7. The highest BCUT2D eigenvalue weighted by molar-refractivity contribution is 7.74. The predicted molar refractivity (Wildman–Crippen MR) is 40.0 cm³/mol. The summed E-state index contributed by atoms with van der Waals surface area (Å²) in [5.41, 5.74) is 0. The predicted octanol–water partition coefficient (Wildman–Crippen LogP) is -0.507. The number of halogens is 6. The third-order valence-electron chi connectivity index (χ3n) is 0.901. The summed E-state index contributed by atoms with van der Waals surface area (Å²) in [4.78, 5) is 0. The first-order valence-corrected chi connectivity index (χ1v) is 4.17. The Hall–Kier alpha value is -0.205. The normalized spacial score (nSPS) is 8.31. The Labute approximate surface area is 76.2 Å². The summed E-state index contributed by atoms with van der Waals surface area (Å²) in [6, 6.07) is 0. The standard InChI is InChI=1S/C4H10F2NS.BF3.FH/c1-3-7(4-2)8(5)6;2-1(3)4;/h3-4H2,1-2H3;;1H/q+1;;/p-1. The van der Waals surface area contributed by atoms with Crippen LogP contribution in [0.2, 0.25) is 0 Å². The van der Waals surface area contributed by atoms with Gasteiger partial charge in [-0.3, -0.25) is 12.9 Å².